The van der Waals surface area contributed by atoms with E-state index in [1.54, 1.807) is 12.1 Å². The van der Waals surface area contributed by atoms with Crippen molar-refractivity contribution in [1.82, 2.24) is 0 Å². The van der Waals surface area contributed by atoms with Crippen molar-refractivity contribution in [3.63, 3.8) is 0 Å². The molecular formula is C11H11BrFNO2. The third kappa shape index (κ3) is 1.90. The molecule has 0 radical (unpaired) electrons. The maximum Gasteiger partial charge on any atom is 0.188 e. The minimum atomic E-state index is -1.08. The second-order valence-electron chi connectivity index (χ2n) is 3.89. The van der Waals surface area contributed by atoms with E-state index >= 15 is 0 Å². The van der Waals surface area contributed by atoms with Gasteiger partial charge in [0.1, 0.15) is 11.4 Å². The van der Waals surface area contributed by atoms with Crippen LogP contribution in [0.3, 0.4) is 0 Å². The van der Waals surface area contributed by atoms with Gasteiger partial charge in [-0.3, -0.25) is 4.79 Å². The quantitative estimate of drug-likeness (QED) is 0.845. The van der Waals surface area contributed by atoms with Crippen LogP contribution in [0.15, 0.2) is 22.7 Å². The van der Waals surface area contributed by atoms with Crippen molar-refractivity contribution < 1.29 is 13.9 Å². The summed E-state index contributed by atoms with van der Waals surface area (Å²) in [6.45, 7) is 0.593. The van der Waals surface area contributed by atoms with Crippen LogP contribution in [0.1, 0.15) is 16.8 Å². The molecule has 16 heavy (non-hydrogen) atoms. The summed E-state index contributed by atoms with van der Waals surface area (Å²) < 4.78 is 19.1. The molecule has 2 rings (SSSR count). The number of Topliss-reactive ketones (excluding diaryl/α,β-unsaturated/α-hetero) is 1. The molecule has 1 aliphatic heterocycles. The van der Waals surface area contributed by atoms with Crippen molar-refractivity contribution in [3.8, 4) is 0 Å². The summed E-state index contributed by atoms with van der Waals surface area (Å²) in [5, 5.41) is 0. The molecule has 0 aromatic heterocycles. The number of halogens is 2. The first kappa shape index (κ1) is 11.7. The Morgan fingerprint density at radius 1 is 1.56 bits per heavy atom. The van der Waals surface area contributed by atoms with Crippen LogP contribution in [0.2, 0.25) is 0 Å². The second kappa shape index (κ2) is 4.24. The van der Waals surface area contributed by atoms with E-state index < -0.39 is 17.1 Å². The molecule has 3 nitrogen and oxygen atoms in total. The Morgan fingerprint density at radius 3 is 2.94 bits per heavy atom. The molecule has 1 unspecified atom stereocenters. The van der Waals surface area contributed by atoms with Gasteiger partial charge in [0.05, 0.1) is 16.6 Å². The fourth-order valence-electron chi connectivity index (χ4n) is 1.71. The van der Waals surface area contributed by atoms with Crippen LogP contribution in [-0.4, -0.2) is 24.5 Å². The van der Waals surface area contributed by atoms with Crippen molar-refractivity contribution in [2.24, 2.45) is 5.73 Å². The summed E-state index contributed by atoms with van der Waals surface area (Å²) in [7, 11) is 0. The summed E-state index contributed by atoms with van der Waals surface area (Å²) in [6, 6.07) is 4.59. The van der Waals surface area contributed by atoms with Crippen LogP contribution < -0.4 is 5.73 Å². The van der Waals surface area contributed by atoms with Gasteiger partial charge < -0.3 is 10.5 Å². The maximum absolute atomic E-state index is 13.7. The minimum absolute atomic E-state index is 0.0161. The molecule has 1 aromatic carbocycles. The van der Waals surface area contributed by atoms with E-state index in [4.69, 9.17) is 10.5 Å². The van der Waals surface area contributed by atoms with Gasteiger partial charge in [-0.15, -0.1) is 0 Å². The highest BCUT2D eigenvalue weighted by Gasteiger charge is 2.39. The highest BCUT2D eigenvalue weighted by atomic mass is 79.9. The fourth-order valence-corrected chi connectivity index (χ4v) is 2.07. The zero-order chi connectivity index (χ0) is 11.8. The van der Waals surface area contributed by atoms with E-state index in [1.807, 2.05) is 0 Å². The fraction of sp³-hybridized carbons (Fsp3) is 0.364. The largest absolute Gasteiger partial charge is 0.379 e. The van der Waals surface area contributed by atoms with E-state index in [1.165, 1.54) is 6.07 Å². The minimum Gasteiger partial charge on any atom is -0.379 e. The third-order valence-corrected chi connectivity index (χ3v) is 3.31. The Kier molecular flexibility index (Phi) is 3.10. The number of rotatable bonds is 2. The number of hydrogen-bond donors (Lipinski definition) is 1. The molecule has 2 N–H and O–H groups in total. The van der Waals surface area contributed by atoms with Crippen LogP contribution in [0.4, 0.5) is 4.39 Å². The molecule has 1 aliphatic rings. The second-order valence-corrected chi connectivity index (χ2v) is 4.74. The molecule has 1 atom stereocenters. The first-order valence-corrected chi connectivity index (χ1v) is 5.69. The summed E-state index contributed by atoms with van der Waals surface area (Å²) in [6.07, 6.45) is 0.428. The SMILES string of the molecule is NC1(C(=O)c2cccc(Br)c2F)CCOC1. The zero-order valence-corrected chi connectivity index (χ0v) is 10.1. The van der Waals surface area contributed by atoms with Gasteiger partial charge in [0, 0.05) is 6.61 Å². The van der Waals surface area contributed by atoms with E-state index in [0.717, 1.165) is 0 Å². The monoisotopic (exact) mass is 287 g/mol. The number of carbonyl (C=O) groups excluding carboxylic acids is 1. The van der Waals surface area contributed by atoms with Crippen LogP contribution in [0, 0.1) is 5.82 Å². The third-order valence-electron chi connectivity index (χ3n) is 2.70. The average Bonchev–Trinajstić information content (AvgIpc) is 2.70. The molecule has 1 aromatic rings. The summed E-state index contributed by atoms with van der Waals surface area (Å²) >= 11 is 3.04. The van der Waals surface area contributed by atoms with E-state index in [9.17, 15) is 9.18 Å². The number of carbonyl (C=O) groups is 1. The van der Waals surface area contributed by atoms with Gasteiger partial charge in [0.15, 0.2) is 5.78 Å². The van der Waals surface area contributed by atoms with Crippen LogP contribution >= 0.6 is 15.9 Å². The topological polar surface area (TPSA) is 52.3 Å². The number of nitrogens with two attached hydrogens (primary N) is 1. The van der Waals surface area contributed by atoms with E-state index in [-0.39, 0.29) is 16.6 Å². The predicted octanol–water partition coefficient (Wildman–Crippen LogP) is 1.89. The summed E-state index contributed by atoms with van der Waals surface area (Å²) in [5.41, 5.74) is 4.83. The maximum atomic E-state index is 13.7. The van der Waals surface area contributed by atoms with Crippen LogP contribution in [0.5, 0.6) is 0 Å². The van der Waals surface area contributed by atoms with Crippen molar-refractivity contribution in [3.05, 3.63) is 34.1 Å². The summed E-state index contributed by atoms with van der Waals surface area (Å²) in [5.74, 6) is -0.965. The highest BCUT2D eigenvalue weighted by Crippen LogP contribution is 2.25. The number of ketones is 1. The molecule has 0 bridgehead atoms. The molecule has 5 heteroatoms. The van der Waals surface area contributed by atoms with Gasteiger partial charge in [0.25, 0.3) is 0 Å². The Morgan fingerprint density at radius 2 is 2.31 bits per heavy atom. The van der Waals surface area contributed by atoms with Gasteiger partial charge in [-0.1, -0.05) is 6.07 Å². The molecule has 86 valence electrons. The van der Waals surface area contributed by atoms with Gasteiger partial charge in [-0.25, -0.2) is 4.39 Å². The first-order valence-electron chi connectivity index (χ1n) is 4.90. The van der Waals surface area contributed by atoms with Gasteiger partial charge >= 0.3 is 0 Å². The molecular weight excluding hydrogens is 277 g/mol. The Hall–Kier alpha value is -0.780. The van der Waals surface area contributed by atoms with Crippen LogP contribution in [0.25, 0.3) is 0 Å². The lowest BCUT2D eigenvalue weighted by molar-refractivity contribution is 0.0858. The van der Waals surface area contributed by atoms with Crippen molar-refractivity contribution >= 4 is 21.7 Å². The highest BCUT2D eigenvalue weighted by molar-refractivity contribution is 9.10. The molecule has 0 spiro atoms. The lowest BCUT2D eigenvalue weighted by Gasteiger charge is -2.20. The lowest BCUT2D eigenvalue weighted by atomic mass is 9.89. The van der Waals surface area contributed by atoms with Gasteiger partial charge in [0.2, 0.25) is 0 Å². The Bertz CT molecular complexity index is 430. The standard InChI is InChI=1S/C11H11BrFNO2/c12-8-3-1-2-7(9(8)13)10(15)11(14)4-5-16-6-11/h1-3H,4-6,14H2. The molecule has 1 heterocycles. The molecule has 0 saturated carbocycles. The van der Waals surface area contributed by atoms with Crippen molar-refractivity contribution in [1.29, 1.82) is 0 Å². The van der Waals surface area contributed by atoms with Gasteiger partial charge in [-0.2, -0.15) is 0 Å². The van der Waals surface area contributed by atoms with Crippen molar-refractivity contribution in [2.75, 3.05) is 13.2 Å². The zero-order valence-electron chi connectivity index (χ0n) is 8.50. The number of hydrogen-bond acceptors (Lipinski definition) is 3. The van der Waals surface area contributed by atoms with E-state index in [0.29, 0.717) is 13.0 Å². The average molecular weight is 288 g/mol. The van der Waals surface area contributed by atoms with Crippen molar-refractivity contribution in [2.45, 2.75) is 12.0 Å². The first-order chi connectivity index (χ1) is 7.54. The number of benzene rings is 1. The molecule has 0 amide bonds. The lowest BCUT2D eigenvalue weighted by Crippen LogP contribution is -2.48. The van der Waals surface area contributed by atoms with Gasteiger partial charge in [-0.05, 0) is 34.5 Å². The molecule has 1 saturated heterocycles. The Labute approximate surface area is 101 Å². The normalized spacial score (nSPS) is 24.7. The molecule has 0 aliphatic carbocycles. The smallest absolute Gasteiger partial charge is 0.188 e. The summed E-state index contributed by atoms with van der Waals surface area (Å²) in [4.78, 5) is 12.1. The predicted molar refractivity (Wildman–Crippen MR) is 60.8 cm³/mol. The molecule has 1 fully saturated rings. The van der Waals surface area contributed by atoms with E-state index in [2.05, 4.69) is 15.9 Å². The number of ether oxygens (including phenoxy) is 1. The van der Waals surface area contributed by atoms with Crippen LogP contribution in [-0.2, 0) is 4.74 Å². The Balaban J connectivity index is 2.37.